The number of carboxylic acid groups (broad SMARTS) is 1. The predicted molar refractivity (Wildman–Crippen MR) is 94.6 cm³/mol. The molecule has 0 fully saturated rings. The number of oxazole rings is 1. The van der Waals surface area contributed by atoms with Crippen molar-refractivity contribution in [1.29, 1.82) is 0 Å². The molecule has 0 aliphatic carbocycles. The maximum absolute atomic E-state index is 11.2. The highest BCUT2D eigenvalue weighted by atomic mass is 32.1. The minimum absolute atomic E-state index is 0.228. The zero-order valence-corrected chi connectivity index (χ0v) is 13.5. The quantitative estimate of drug-likeness (QED) is 0.516. The van der Waals surface area contributed by atoms with Gasteiger partial charge in [0.25, 0.3) is 0 Å². The summed E-state index contributed by atoms with van der Waals surface area (Å²) in [4.78, 5) is 29.2. The fourth-order valence-corrected chi connectivity index (χ4v) is 3.13. The number of nitrogens with one attached hydrogen (secondary N) is 2. The van der Waals surface area contributed by atoms with Crippen LogP contribution in [0.1, 0.15) is 10.4 Å². The third kappa shape index (κ3) is 3.02. The molecule has 0 saturated carbocycles. The summed E-state index contributed by atoms with van der Waals surface area (Å²) in [6.07, 6.45) is 0. The Morgan fingerprint density at radius 2 is 2.00 bits per heavy atom. The zero-order chi connectivity index (χ0) is 17.4. The van der Waals surface area contributed by atoms with Crippen LogP contribution >= 0.6 is 11.3 Å². The summed E-state index contributed by atoms with van der Waals surface area (Å²) in [5.74, 6) is -1.45. The van der Waals surface area contributed by atoms with Gasteiger partial charge in [-0.1, -0.05) is 6.07 Å². The van der Waals surface area contributed by atoms with Gasteiger partial charge in [-0.3, -0.25) is 4.98 Å². The highest BCUT2D eigenvalue weighted by Crippen LogP contribution is 2.28. The molecule has 2 aromatic heterocycles. The molecule has 0 unspecified atom stereocenters. The van der Waals surface area contributed by atoms with E-state index < -0.39 is 11.7 Å². The predicted octanol–water partition coefficient (Wildman–Crippen LogP) is 3.69. The minimum atomic E-state index is -0.963. The molecule has 2 heterocycles. The number of fused-ring (bicyclic) bond motifs is 1. The first-order valence-corrected chi connectivity index (χ1v) is 8.15. The molecule has 25 heavy (non-hydrogen) atoms. The Bertz CT molecular complexity index is 1120. The molecule has 7 nitrogen and oxygen atoms in total. The number of aromatic carboxylic acids is 1. The van der Waals surface area contributed by atoms with Crippen molar-refractivity contribution in [1.82, 2.24) is 9.97 Å². The zero-order valence-electron chi connectivity index (χ0n) is 12.6. The summed E-state index contributed by atoms with van der Waals surface area (Å²) >= 11 is 1.42. The lowest BCUT2D eigenvalue weighted by Crippen LogP contribution is -1.96. The number of anilines is 2. The van der Waals surface area contributed by atoms with Gasteiger partial charge in [0.1, 0.15) is 0 Å². The van der Waals surface area contributed by atoms with Crippen LogP contribution in [0.2, 0.25) is 0 Å². The highest BCUT2D eigenvalue weighted by Gasteiger charge is 2.09. The molecule has 4 aromatic rings. The van der Waals surface area contributed by atoms with Gasteiger partial charge < -0.3 is 14.8 Å². The van der Waals surface area contributed by atoms with Crippen LogP contribution in [0, 0.1) is 0 Å². The van der Waals surface area contributed by atoms with E-state index in [4.69, 9.17) is 9.52 Å². The number of benzene rings is 2. The third-order valence-corrected chi connectivity index (χ3v) is 4.36. The fourth-order valence-electron chi connectivity index (χ4n) is 2.39. The van der Waals surface area contributed by atoms with E-state index in [2.05, 4.69) is 15.3 Å². The van der Waals surface area contributed by atoms with Crippen LogP contribution in [-0.2, 0) is 0 Å². The lowest BCUT2D eigenvalue weighted by atomic mass is 10.1. The van der Waals surface area contributed by atoms with Crippen molar-refractivity contribution in [3.63, 3.8) is 0 Å². The smallest absolute Gasteiger partial charge is 0.417 e. The molecule has 0 amide bonds. The maximum Gasteiger partial charge on any atom is 0.417 e. The lowest BCUT2D eigenvalue weighted by molar-refractivity contribution is 0.0697. The van der Waals surface area contributed by atoms with Gasteiger partial charge in [0.2, 0.25) is 0 Å². The van der Waals surface area contributed by atoms with Crippen LogP contribution in [0.25, 0.3) is 22.4 Å². The molecule has 4 rings (SSSR count). The molecule has 0 saturated heterocycles. The second-order valence-corrected chi connectivity index (χ2v) is 6.13. The van der Waals surface area contributed by atoms with Crippen LogP contribution in [0.5, 0.6) is 0 Å². The fraction of sp³-hybridized carbons (Fsp3) is 0. The van der Waals surface area contributed by atoms with Gasteiger partial charge in [-0.2, -0.15) is 0 Å². The topological polar surface area (TPSA) is 108 Å². The average Bonchev–Trinajstić information content (AvgIpc) is 3.20. The number of hydrogen-bond donors (Lipinski definition) is 3. The van der Waals surface area contributed by atoms with Crippen molar-refractivity contribution in [2.24, 2.45) is 0 Å². The molecule has 3 N–H and O–H groups in total. The molecule has 0 aliphatic heterocycles. The first-order valence-electron chi connectivity index (χ1n) is 7.28. The van der Waals surface area contributed by atoms with Crippen molar-refractivity contribution in [3.8, 4) is 11.3 Å². The van der Waals surface area contributed by atoms with E-state index in [1.165, 1.54) is 23.5 Å². The second kappa shape index (κ2) is 5.91. The van der Waals surface area contributed by atoms with Crippen molar-refractivity contribution in [2.45, 2.75) is 0 Å². The van der Waals surface area contributed by atoms with Crippen LogP contribution in [0.4, 0.5) is 10.8 Å². The Morgan fingerprint density at radius 1 is 1.20 bits per heavy atom. The second-order valence-electron chi connectivity index (χ2n) is 5.27. The summed E-state index contributed by atoms with van der Waals surface area (Å²) in [6, 6.07) is 11.8. The average molecular weight is 353 g/mol. The number of carboxylic acids is 1. The van der Waals surface area contributed by atoms with Gasteiger partial charge >= 0.3 is 11.7 Å². The number of aromatic nitrogens is 2. The van der Waals surface area contributed by atoms with Crippen molar-refractivity contribution in [2.75, 3.05) is 5.32 Å². The first kappa shape index (κ1) is 15.2. The SMILES string of the molecule is O=C(O)c1ccc(Nc2nc(-c3ccc4[nH]c(=O)oc4c3)cs2)cc1. The van der Waals surface area contributed by atoms with E-state index in [1.807, 2.05) is 11.4 Å². The maximum atomic E-state index is 11.2. The van der Waals surface area contributed by atoms with E-state index in [-0.39, 0.29) is 5.56 Å². The number of carbonyl (C=O) groups is 1. The molecular weight excluding hydrogens is 342 g/mol. The summed E-state index contributed by atoms with van der Waals surface area (Å²) in [6.45, 7) is 0. The Hall–Kier alpha value is -3.39. The van der Waals surface area contributed by atoms with E-state index >= 15 is 0 Å². The normalized spacial score (nSPS) is 10.9. The Morgan fingerprint density at radius 3 is 2.76 bits per heavy atom. The van der Waals surface area contributed by atoms with E-state index in [0.717, 1.165) is 16.9 Å². The highest BCUT2D eigenvalue weighted by molar-refractivity contribution is 7.14. The van der Waals surface area contributed by atoms with Crippen molar-refractivity contribution < 1.29 is 14.3 Å². The number of rotatable bonds is 4. The molecule has 0 atom stereocenters. The molecule has 0 spiro atoms. The van der Waals surface area contributed by atoms with Gasteiger partial charge in [-0.05, 0) is 36.4 Å². The van der Waals surface area contributed by atoms with Crippen LogP contribution < -0.4 is 11.1 Å². The van der Waals surface area contributed by atoms with E-state index in [0.29, 0.717) is 16.2 Å². The van der Waals surface area contributed by atoms with Crippen molar-refractivity contribution in [3.05, 3.63) is 64.0 Å². The number of H-pyrrole nitrogens is 1. The summed E-state index contributed by atoms with van der Waals surface area (Å²) < 4.78 is 5.06. The molecular formula is C17H11N3O4S. The van der Waals surface area contributed by atoms with E-state index in [9.17, 15) is 9.59 Å². The van der Waals surface area contributed by atoms with Gasteiger partial charge in [0, 0.05) is 16.6 Å². The van der Waals surface area contributed by atoms with Gasteiger partial charge in [-0.15, -0.1) is 11.3 Å². The Balaban J connectivity index is 1.58. The Kier molecular flexibility index (Phi) is 3.58. The monoisotopic (exact) mass is 353 g/mol. The summed E-state index contributed by atoms with van der Waals surface area (Å²) in [7, 11) is 0. The number of thiazole rings is 1. The summed E-state index contributed by atoms with van der Waals surface area (Å²) in [5, 5.41) is 14.6. The number of nitrogens with zero attached hydrogens (tertiary/aromatic N) is 1. The Labute approximate surface area is 144 Å². The van der Waals surface area contributed by atoms with Crippen LogP contribution in [0.3, 0.4) is 0 Å². The molecule has 0 bridgehead atoms. The van der Waals surface area contributed by atoms with Gasteiger partial charge in [0.05, 0.1) is 16.8 Å². The van der Waals surface area contributed by atoms with Gasteiger partial charge in [-0.25, -0.2) is 14.6 Å². The summed E-state index contributed by atoms with van der Waals surface area (Å²) in [5.41, 5.74) is 3.68. The first-order chi connectivity index (χ1) is 12.1. The standard InChI is InChI=1S/C17H11N3O4S/c21-15(22)9-1-4-11(5-2-9)18-16-19-13(8-25-16)10-3-6-12-14(7-10)24-17(23)20-12/h1-8H,(H,18,19)(H,20,23)(H,21,22). The molecule has 0 aliphatic rings. The largest absolute Gasteiger partial charge is 0.478 e. The third-order valence-electron chi connectivity index (χ3n) is 3.60. The molecule has 0 radical (unpaired) electrons. The number of aromatic amines is 1. The van der Waals surface area contributed by atoms with Gasteiger partial charge in [0.15, 0.2) is 10.7 Å². The van der Waals surface area contributed by atoms with E-state index in [1.54, 1.807) is 24.3 Å². The number of hydrogen-bond acceptors (Lipinski definition) is 6. The minimum Gasteiger partial charge on any atom is -0.478 e. The molecule has 8 heteroatoms. The lowest BCUT2D eigenvalue weighted by Gasteiger charge is -2.02. The molecule has 124 valence electrons. The van der Waals surface area contributed by atoms with Crippen molar-refractivity contribution >= 4 is 39.2 Å². The molecule has 2 aromatic carbocycles. The van der Waals surface area contributed by atoms with Crippen LogP contribution in [0.15, 0.2) is 57.1 Å². The van der Waals surface area contributed by atoms with Crippen LogP contribution in [-0.4, -0.2) is 21.0 Å².